The normalized spacial score (nSPS) is 26.2. The Morgan fingerprint density at radius 3 is 2.36 bits per heavy atom. The van der Waals surface area contributed by atoms with Crippen molar-refractivity contribution in [2.45, 2.75) is 24.5 Å². The third kappa shape index (κ3) is 4.32. The van der Waals surface area contributed by atoms with Crippen molar-refractivity contribution in [3.8, 4) is 5.75 Å². The number of phenolic OH excluding ortho intramolecular Hbond substituents is 1. The monoisotopic (exact) mass is 562 g/mol. The van der Waals surface area contributed by atoms with Crippen molar-refractivity contribution < 1.29 is 39.6 Å². The predicted molar refractivity (Wildman–Crippen MR) is 141 cm³/mol. The summed E-state index contributed by atoms with van der Waals surface area (Å²) in [7, 11) is 6.69. The van der Waals surface area contributed by atoms with Crippen molar-refractivity contribution in [2.24, 2.45) is 11.8 Å². The number of alkyl halides is 1. The zero-order valence-corrected chi connectivity index (χ0v) is 22.7. The molecule has 0 spiro atoms. The van der Waals surface area contributed by atoms with Crippen LogP contribution in [0, 0.1) is 11.8 Å². The molecule has 2 amide bonds. The van der Waals surface area contributed by atoms with Crippen LogP contribution in [0.5, 0.6) is 5.75 Å². The van der Waals surface area contributed by atoms with E-state index in [1.54, 1.807) is 39.2 Å². The number of hydrogen-bond acceptors (Lipinski definition) is 10. The van der Waals surface area contributed by atoms with Gasteiger partial charge < -0.3 is 36.0 Å². The van der Waals surface area contributed by atoms with Gasteiger partial charge in [-0.05, 0) is 50.6 Å². The number of aromatic hydroxyl groups is 1. The number of fused-ring (bicyclic) bond motifs is 3. The highest BCUT2D eigenvalue weighted by atomic mass is 35.5. The Labute approximate surface area is 229 Å². The van der Waals surface area contributed by atoms with Gasteiger partial charge in [0.2, 0.25) is 11.7 Å². The molecular formula is C26H31ClN4O8. The number of benzene rings is 1. The number of carbonyl (C=O) groups is 4. The van der Waals surface area contributed by atoms with E-state index >= 15 is 0 Å². The van der Waals surface area contributed by atoms with E-state index in [4.69, 9.17) is 11.6 Å². The lowest BCUT2D eigenvalue weighted by Crippen LogP contribution is -2.66. The number of halogens is 1. The summed E-state index contributed by atoms with van der Waals surface area (Å²) in [5, 5.41) is 49.4. The molecule has 0 bridgehead atoms. The smallest absolute Gasteiger partial charge is 0.259 e. The highest BCUT2D eigenvalue weighted by Crippen LogP contribution is 2.53. The number of aliphatic hydroxyl groups excluding tert-OH is 2. The zero-order chi connectivity index (χ0) is 29.0. The van der Waals surface area contributed by atoms with Gasteiger partial charge in [0.05, 0.1) is 18.3 Å². The van der Waals surface area contributed by atoms with E-state index < -0.39 is 70.6 Å². The maximum Gasteiger partial charge on any atom is 0.259 e. The van der Waals surface area contributed by atoms with Crippen LogP contribution in [-0.2, 0) is 25.6 Å². The van der Waals surface area contributed by atoms with Crippen LogP contribution in [0.4, 0.5) is 5.69 Å². The Morgan fingerprint density at radius 2 is 1.77 bits per heavy atom. The second-order valence-electron chi connectivity index (χ2n) is 10.4. The van der Waals surface area contributed by atoms with Crippen molar-refractivity contribution in [1.29, 1.82) is 0 Å². The molecule has 4 atom stereocenters. The molecule has 4 rings (SSSR count). The molecule has 12 nitrogen and oxygen atoms in total. The fourth-order valence-corrected chi connectivity index (χ4v) is 6.08. The molecule has 0 aromatic heterocycles. The number of phenols is 1. The van der Waals surface area contributed by atoms with Crippen molar-refractivity contribution in [1.82, 2.24) is 15.5 Å². The first-order valence-electron chi connectivity index (χ1n) is 12.2. The van der Waals surface area contributed by atoms with Crippen LogP contribution in [0.3, 0.4) is 0 Å². The lowest BCUT2D eigenvalue weighted by Gasteiger charge is -2.50. The molecule has 0 radical (unpaired) electrons. The molecule has 1 fully saturated rings. The van der Waals surface area contributed by atoms with Gasteiger partial charge in [-0.15, -0.1) is 11.6 Å². The van der Waals surface area contributed by atoms with Crippen LogP contribution in [-0.4, -0.2) is 101 Å². The number of likely N-dealkylation sites (N-methyl/N-ethyl adjacent to an activating group) is 1. The number of anilines is 1. The van der Waals surface area contributed by atoms with Gasteiger partial charge in [-0.3, -0.25) is 24.1 Å². The number of aliphatic hydroxyl groups is 3. The average molecular weight is 563 g/mol. The summed E-state index contributed by atoms with van der Waals surface area (Å²) in [5.74, 6) is -7.63. The minimum atomic E-state index is -2.71. The van der Waals surface area contributed by atoms with Crippen LogP contribution < -0.4 is 15.5 Å². The maximum atomic E-state index is 14.0. The van der Waals surface area contributed by atoms with Crippen LogP contribution in [0.1, 0.15) is 17.5 Å². The van der Waals surface area contributed by atoms with Gasteiger partial charge in [0.15, 0.2) is 11.4 Å². The van der Waals surface area contributed by atoms with Crippen molar-refractivity contribution in [3.05, 3.63) is 40.2 Å². The summed E-state index contributed by atoms with van der Waals surface area (Å²) in [4.78, 5) is 55.1. The quantitative estimate of drug-likeness (QED) is 0.157. The lowest BCUT2D eigenvalue weighted by atomic mass is 9.57. The first-order valence-corrected chi connectivity index (χ1v) is 12.8. The van der Waals surface area contributed by atoms with Gasteiger partial charge >= 0.3 is 0 Å². The number of nitrogens with zero attached hydrogens (tertiary/aromatic N) is 2. The van der Waals surface area contributed by atoms with Gasteiger partial charge in [0.25, 0.3) is 5.91 Å². The number of Topliss-reactive ketones (excluding diaryl/α,β-unsaturated/α-hetero) is 2. The number of carbonyl (C=O) groups excluding carboxylic acids is 4. The Hall–Kier alpha value is -3.61. The first kappa shape index (κ1) is 28.4. The number of hydrogen-bond donors (Lipinski definition) is 6. The Morgan fingerprint density at radius 1 is 1.10 bits per heavy atom. The highest BCUT2D eigenvalue weighted by Gasteiger charge is 2.64. The standard InChI is InChI=1S/C26H31ClN4O8/c1-30(2)14-5-6-15(32)18-12(14)7-11-8-13-20(31(3)4)22(35)19(25(38)29-10-28-16(33)9-27)24(37)26(13,39)23(36)17(11)21(18)34/h5-6,11,13,20,32,34,37,39H,7-10H2,1-4H3,(H,28,33)(H,29,38)/t11-,13+,20-,26+/m1/s1. The van der Waals surface area contributed by atoms with E-state index in [1.165, 1.54) is 11.0 Å². The van der Waals surface area contributed by atoms with E-state index in [0.29, 0.717) is 11.3 Å². The second kappa shape index (κ2) is 10.2. The Bertz CT molecular complexity index is 1340. The first-order chi connectivity index (χ1) is 18.3. The summed E-state index contributed by atoms with van der Waals surface area (Å²) in [6.45, 7) is -0.421. The molecule has 1 aromatic carbocycles. The number of nitrogens with one attached hydrogen (secondary N) is 2. The highest BCUT2D eigenvalue weighted by molar-refractivity contribution is 6.27. The van der Waals surface area contributed by atoms with E-state index in [9.17, 15) is 39.6 Å². The topological polar surface area (TPSA) is 180 Å². The Balaban J connectivity index is 1.86. The molecule has 0 unspecified atom stereocenters. The summed E-state index contributed by atoms with van der Waals surface area (Å²) < 4.78 is 0. The number of rotatable bonds is 6. The molecule has 1 saturated carbocycles. The second-order valence-corrected chi connectivity index (χ2v) is 10.6. The minimum Gasteiger partial charge on any atom is -0.508 e. The zero-order valence-electron chi connectivity index (χ0n) is 21.9. The molecule has 0 heterocycles. The number of amides is 2. The summed E-state index contributed by atoms with van der Waals surface area (Å²) in [6, 6.07) is 1.91. The van der Waals surface area contributed by atoms with Gasteiger partial charge in [-0.25, -0.2) is 0 Å². The maximum absolute atomic E-state index is 14.0. The van der Waals surface area contributed by atoms with Crippen molar-refractivity contribution in [3.63, 3.8) is 0 Å². The summed E-state index contributed by atoms with van der Waals surface area (Å²) in [5.41, 5.74) is -2.36. The largest absolute Gasteiger partial charge is 0.508 e. The summed E-state index contributed by atoms with van der Waals surface area (Å²) in [6.07, 6.45) is 0.240. The van der Waals surface area contributed by atoms with Crippen LogP contribution >= 0.6 is 11.6 Å². The molecule has 0 saturated heterocycles. The SMILES string of the molecule is CN(C)c1ccc(O)c2c1C[C@@H]1C[C@H]3[C@@H](N(C)C)C(=O)C(C(=O)NCNC(=O)CCl)=C(O)[C@@]3(O)C(=O)C1=C2O. The molecular weight excluding hydrogens is 532 g/mol. The van der Waals surface area contributed by atoms with Crippen LogP contribution in [0.25, 0.3) is 5.76 Å². The third-order valence-electron chi connectivity index (χ3n) is 7.70. The predicted octanol–water partition coefficient (Wildman–Crippen LogP) is -0.0266. The molecule has 39 heavy (non-hydrogen) atoms. The van der Waals surface area contributed by atoms with Gasteiger partial charge in [0.1, 0.15) is 28.7 Å². The van der Waals surface area contributed by atoms with Gasteiger partial charge in [-0.1, -0.05) is 0 Å². The Kier molecular flexibility index (Phi) is 7.41. The van der Waals surface area contributed by atoms with Crippen molar-refractivity contribution in [2.75, 3.05) is 45.6 Å². The summed E-state index contributed by atoms with van der Waals surface area (Å²) >= 11 is 5.41. The molecule has 1 aromatic rings. The van der Waals surface area contributed by atoms with E-state index in [0.717, 1.165) is 0 Å². The van der Waals surface area contributed by atoms with Gasteiger partial charge in [0, 0.05) is 31.3 Å². The molecule has 210 valence electrons. The van der Waals surface area contributed by atoms with Crippen LogP contribution in [0.2, 0.25) is 0 Å². The number of ketones is 2. The fraction of sp³-hybridized carbons (Fsp3) is 0.462. The molecule has 13 heteroatoms. The lowest BCUT2D eigenvalue weighted by molar-refractivity contribution is -0.153. The molecule has 6 N–H and O–H groups in total. The third-order valence-corrected chi connectivity index (χ3v) is 7.94. The average Bonchev–Trinajstić information content (AvgIpc) is 2.85. The molecule has 0 aliphatic heterocycles. The van der Waals surface area contributed by atoms with Gasteiger partial charge in [-0.2, -0.15) is 0 Å². The minimum absolute atomic E-state index is 0.0168. The van der Waals surface area contributed by atoms with Crippen LogP contribution in [0.15, 0.2) is 29.0 Å². The van der Waals surface area contributed by atoms with Crippen molar-refractivity contribution >= 4 is 46.4 Å². The van der Waals surface area contributed by atoms with E-state index in [-0.39, 0.29) is 35.6 Å². The fourth-order valence-electron chi connectivity index (χ4n) is 5.99. The molecule has 3 aliphatic carbocycles. The molecule has 3 aliphatic rings. The van der Waals surface area contributed by atoms with E-state index in [2.05, 4.69) is 10.6 Å². The van der Waals surface area contributed by atoms with E-state index in [1.807, 2.05) is 0 Å².